The molecule has 1 fully saturated rings. The van der Waals surface area contributed by atoms with E-state index in [1.807, 2.05) is 6.92 Å². The van der Waals surface area contributed by atoms with E-state index in [-0.39, 0.29) is 29.3 Å². The highest BCUT2D eigenvalue weighted by atomic mass is 32.2. The highest BCUT2D eigenvalue weighted by molar-refractivity contribution is 7.89. The largest absolute Gasteiger partial charge is 0.453 e. The molecule has 1 aromatic heterocycles. The van der Waals surface area contributed by atoms with E-state index in [0.29, 0.717) is 16.8 Å². The summed E-state index contributed by atoms with van der Waals surface area (Å²) in [5.74, 6) is -1.65. The Morgan fingerprint density at radius 2 is 1.79 bits per heavy atom. The molecule has 0 bridgehead atoms. The first-order valence-electron chi connectivity index (χ1n) is 11.0. The molecule has 1 aliphatic rings. The van der Waals surface area contributed by atoms with E-state index in [1.54, 1.807) is 26.8 Å². The lowest BCUT2D eigenvalue weighted by molar-refractivity contribution is -0.150. The summed E-state index contributed by atoms with van der Waals surface area (Å²) in [7, 11) is -4.09. The Bertz CT molecular complexity index is 1260. The standard InChI is InChI=1S/C24H30N2O7S/c1-12-7-8-19(9-13(12)2)34(31,32)26-11-18(28)10-20(26)24(30)33-17(6)23(29)22-14(3)21(16(5)27)15(4)25-22/h7-9,17-18,20,25,28H,10-11H2,1-6H3/t17?,18?,20-/m0/s1. The number of nitrogens with one attached hydrogen (secondary N) is 1. The van der Waals surface area contributed by atoms with Crippen LogP contribution in [0, 0.1) is 27.7 Å². The first kappa shape index (κ1) is 25.8. The maximum Gasteiger partial charge on any atom is 0.325 e. The van der Waals surface area contributed by atoms with E-state index in [1.165, 1.54) is 26.0 Å². The molecule has 3 rings (SSSR count). The molecule has 1 aromatic carbocycles. The number of H-pyrrole nitrogens is 1. The Kier molecular flexibility index (Phi) is 7.16. The number of aromatic amines is 1. The number of benzene rings is 1. The molecule has 2 N–H and O–H groups in total. The Morgan fingerprint density at radius 1 is 1.15 bits per heavy atom. The third-order valence-electron chi connectivity index (χ3n) is 6.29. The van der Waals surface area contributed by atoms with Crippen LogP contribution < -0.4 is 0 Å². The molecule has 0 aliphatic carbocycles. The van der Waals surface area contributed by atoms with Crippen molar-refractivity contribution < 1.29 is 32.6 Å². The van der Waals surface area contributed by atoms with Crippen molar-refractivity contribution in [3.63, 3.8) is 0 Å². The number of hydrogen-bond donors (Lipinski definition) is 2. The minimum absolute atomic E-state index is 0.0147. The van der Waals surface area contributed by atoms with Gasteiger partial charge in [0.15, 0.2) is 11.9 Å². The van der Waals surface area contributed by atoms with Crippen LogP contribution in [0.15, 0.2) is 23.1 Å². The van der Waals surface area contributed by atoms with Gasteiger partial charge in [-0.2, -0.15) is 4.31 Å². The highest BCUT2D eigenvalue weighted by Gasteiger charge is 2.45. The number of aliphatic hydroxyl groups excluding tert-OH is 1. The molecule has 0 radical (unpaired) electrons. The van der Waals surface area contributed by atoms with E-state index >= 15 is 0 Å². The van der Waals surface area contributed by atoms with Crippen LogP contribution in [0.5, 0.6) is 0 Å². The van der Waals surface area contributed by atoms with Crippen molar-refractivity contribution in [2.24, 2.45) is 0 Å². The molecule has 0 spiro atoms. The third kappa shape index (κ3) is 4.70. The van der Waals surface area contributed by atoms with Gasteiger partial charge in [0.25, 0.3) is 0 Å². The Balaban J connectivity index is 1.83. The number of β-amino-alcohol motifs (C(OH)–C–C–N with tert-alkyl or cyclic N) is 1. The van der Waals surface area contributed by atoms with Gasteiger partial charge in [-0.25, -0.2) is 8.42 Å². The first-order chi connectivity index (χ1) is 15.7. The molecule has 0 saturated carbocycles. The molecule has 1 aliphatic heterocycles. The van der Waals surface area contributed by atoms with Crippen molar-refractivity contribution in [1.82, 2.24) is 9.29 Å². The topological polar surface area (TPSA) is 134 Å². The predicted molar refractivity (Wildman–Crippen MR) is 124 cm³/mol. The van der Waals surface area contributed by atoms with Gasteiger partial charge in [0.2, 0.25) is 15.8 Å². The zero-order valence-corrected chi connectivity index (χ0v) is 20.9. The number of rotatable bonds is 7. The van der Waals surface area contributed by atoms with Gasteiger partial charge in [-0.15, -0.1) is 0 Å². The maximum atomic E-state index is 13.3. The van der Waals surface area contributed by atoms with E-state index < -0.39 is 40.0 Å². The molecular weight excluding hydrogens is 460 g/mol. The summed E-state index contributed by atoms with van der Waals surface area (Å²) in [6.07, 6.45) is -2.41. The zero-order chi connectivity index (χ0) is 25.5. The molecule has 0 amide bonds. The molecular formula is C24H30N2O7S. The molecule has 184 valence electrons. The van der Waals surface area contributed by atoms with Crippen LogP contribution in [0.4, 0.5) is 0 Å². The smallest absolute Gasteiger partial charge is 0.325 e. The monoisotopic (exact) mass is 490 g/mol. The van der Waals surface area contributed by atoms with Crippen LogP contribution in [0.2, 0.25) is 0 Å². The average molecular weight is 491 g/mol. The molecule has 1 saturated heterocycles. The summed E-state index contributed by atoms with van der Waals surface area (Å²) in [5.41, 5.74) is 3.28. The molecule has 34 heavy (non-hydrogen) atoms. The summed E-state index contributed by atoms with van der Waals surface area (Å²) >= 11 is 0. The number of esters is 1. The maximum absolute atomic E-state index is 13.3. The van der Waals surface area contributed by atoms with Gasteiger partial charge >= 0.3 is 5.97 Å². The van der Waals surface area contributed by atoms with Gasteiger partial charge in [-0.05, 0) is 70.4 Å². The van der Waals surface area contributed by atoms with E-state index in [2.05, 4.69) is 4.98 Å². The molecule has 2 heterocycles. The van der Waals surface area contributed by atoms with Crippen LogP contribution in [0.25, 0.3) is 0 Å². The summed E-state index contributed by atoms with van der Waals surface area (Å²) < 4.78 is 32.8. The summed E-state index contributed by atoms with van der Waals surface area (Å²) in [6.45, 7) is 9.48. The van der Waals surface area contributed by atoms with Crippen molar-refractivity contribution in [3.05, 3.63) is 51.8 Å². The number of hydrogen-bond acceptors (Lipinski definition) is 7. The number of ether oxygens (including phenoxy) is 1. The number of sulfonamides is 1. The van der Waals surface area contributed by atoms with Gasteiger partial charge in [-0.1, -0.05) is 6.07 Å². The molecule has 2 unspecified atom stereocenters. The quantitative estimate of drug-likeness (QED) is 0.450. The zero-order valence-electron chi connectivity index (χ0n) is 20.1. The van der Waals surface area contributed by atoms with Gasteiger partial charge in [0.05, 0.1) is 16.7 Å². The van der Waals surface area contributed by atoms with Crippen molar-refractivity contribution in [2.45, 2.75) is 71.1 Å². The number of Topliss-reactive ketones (excluding diaryl/α,β-unsaturated/α-hetero) is 2. The fourth-order valence-electron chi connectivity index (χ4n) is 4.31. The lowest BCUT2D eigenvalue weighted by Crippen LogP contribution is -2.43. The lowest BCUT2D eigenvalue weighted by atomic mass is 10.0. The average Bonchev–Trinajstić information content (AvgIpc) is 3.29. The van der Waals surface area contributed by atoms with Crippen molar-refractivity contribution >= 4 is 27.6 Å². The number of aliphatic hydroxyl groups is 1. The van der Waals surface area contributed by atoms with Gasteiger partial charge in [0.1, 0.15) is 6.04 Å². The molecule has 10 heteroatoms. The van der Waals surface area contributed by atoms with E-state index in [9.17, 15) is 27.9 Å². The van der Waals surface area contributed by atoms with Crippen LogP contribution in [-0.4, -0.2) is 65.1 Å². The van der Waals surface area contributed by atoms with Crippen molar-refractivity contribution in [3.8, 4) is 0 Å². The van der Waals surface area contributed by atoms with Gasteiger partial charge in [-0.3, -0.25) is 14.4 Å². The Labute approximate surface area is 199 Å². The lowest BCUT2D eigenvalue weighted by Gasteiger charge is -2.24. The minimum Gasteiger partial charge on any atom is -0.453 e. The summed E-state index contributed by atoms with van der Waals surface area (Å²) in [4.78, 5) is 40.6. The molecule has 2 aromatic rings. The number of carbonyl (C=O) groups is 3. The van der Waals surface area contributed by atoms with Gasteiger partial charge in [0, 0.05) is 24.2 Å². The molecule has 3 atom stereocenters. The van der Waals surface area contributed by atoms with Crippen LogP contribution >= 0.6 is 0 Å². The van der Waals surface area contributed by atoms with E-state index in [4.69, 9.17) is 4.74 Å². The van der Waals surface area contributed by atoms with Crippen LogP contribution in [0.3, 0.4) is 0 Å². The highest BCUT2D eigenvalue weighted by Crippen LogP contribution is 2.29. The Morgan fingerprint density at radius 3 is 2.35 bits per heavy atom. The number of aromatic nitrogens is 1. The number of nitrogens with zero attached hydrogens (tertiary/aromatic N) is 1. The second-order valence-electron chi connectivity index (χ2n) is 8.85. The van der Waals surface area contributed by atoms with Crippen LogP contribution in [-0.2, 0) is 19.6 Å². The van der Waals surface area contributed by atoms with Crippen LogP contribution in [0.1, 0.15) is 63.5 Å². The number of aryl methyl sites for hydroxylation is 3. The Hall–Kier alpha value is -2.82. The second kappa shape index (κ2) is 9.44. The van der Waals surface area contributed by atoms with Gasteiger partial charge < -0.3 is 14.8 Å². The SMILES string of the molecule is CC(=O)c1c(C)[nH]c(C(=O)C(C)OC(=O)[C@@H]2CC(O)CN2S(=O)(=O)c2ccc(C)c(C)c2)c1C. The third-order valence-corrected chi connectivity index (χ3v) is 8.16. The minimum atomic E-state index is -4.09. The predicted octanol–water partition coefficient (Wildman–Crippen LogP) is 2.39. The summed E-state index contributed by atoms with van der Waals surface area (Å²) in [6, 6.07) is 3.39. The van der Waals surface area contributed by atoms with E-state index in [0.717, 1.165) is 15.4 Å². The molecule has 9 nitrogen and oxygen atoms in total. The van der Waals surface area contributed by atoms with Crippen molar-refractivity contribution in [2.75, 3.05) is 6.54 Å². The summed E-state index contributed by atoms with van der Waals surface area (Å²) in [5, 5.41) is 10.2. The number of carbonyl (C=O) groups excluding carboxylic acids is 3. The fraction of sp³-hybridized carbons (Fsp3) is 0.458. The first-order valence-corrected chi connectivity index (χ1v) is 12.4. The second-order valence-corrected chi connectivity index (χ2v) is 10.7. The number of ketones is 2. The van der Waals surface area contributed by atoms with Crippen molar-refractivity contribution in [1.29, 1.82) is 0 Å². The normalized spacial score (nSPS) is 19.7. The fourth-order valence-corrected chi connectivity index (χ4v) is 6.02.